The lowest BCUT2D eigenvalue weighted by molar-refractivity contribution is -0.305. The molecule has 0 unspecified atom stereocenters. The van der Waals surface area contributed by atoms with Gasteiger partial charge in [-0.25, -0.2) is 0 Å². The van der Waals surface area contributed by atoms with Crippen molar-refractivity contribution in [3.05, 3.63) is 0 Å². The zero-order valence-electron chi connectivity index (χ0n) is 18.0. The van der Waals surface area contributed by atoms with Crippen molar-refractivity contribution in [2.75, 3.05) is 26.4 Å². The van der Waals surface area contributed by atoms with Gasteiger partial charge in [0.1, 0.15) is 0 Å². The Morgan fingerprint density at radius 1 is 0.536 bits per heavy atom. The maximum Gasteiger partial charge on any atom is 0.169 e. The molecular weight excluding hydrogens is 356 g/mol. The standard InChI is InChI=1S/C22H36N2O4/c1-19(2)13-25-21(26-14-19)9-5-17(6-10-21)23-24-18-7-11-22(12-8-18)27-15-20(3,4)16-28-22/h5-16H2,1-4H3. The van der Waals surface area contributed by atoms with Crippen LogP contribution in [0.25, 0.3) is 0 Å². The molecular formula is C22H36N2O4. The lowest BCUT2D eigenvalue weighted by Crippen LogP contribution is -2.49. The summed E-state index contributed by atoms with van der Waals surface area (Å²) in [5.41, 5.74) is 2.57. The molecule has 0 bridgehead atoms. The van der Waals surface area contributed by atoms with Crippen molar-refractivity contribution in [2.24, 2.45) is 21.0 Å². The van der Waals surface area contributed by atoms with Crippen LogP contribution < -0.4 is 0 Å². The summed E-state index contributed by atoms with van der Waals surface area (Å²) in [5.74, 6) is -0.773. The van der Waals surface area contributed by atoms with Gasteiger partial charge in [0.15, 0.2) is 11.6 Å². The Morgan fingerprint density at radius 3 is 1.11 bits per heavy atom. The maximum absolute atomic E-state index is 6.10. The topological polar surface area (TPSA) is 61.6 Å². The molecule has 0 aromatic rings. The third kappa shape index (κ3) is 4.66. The molecule has 4 fully saturated rings. The number of hydrogen-bond acceptors (Lipinski definition) is 6. The Kier molecular flexibility index (Phi) is 5.45. The average molecular weight is 393 g/mol. The summed E-state index contributed by atoms with van der Waals surface area (Å²) in [6.45, 7) is 11.8. The van der Waals surface area contributed by atoms with Crippen molar-refractivity contribution in [2.45, 2.75) is 90.6 Å². The van der Waals surface area contributed by atoms with Gasteiger partial charge in [-0.3, -0.25) is 0 Å². The van der Waals surface area contributed by atoms with Crippen molar-refractivity contribution < 1.29 is 18.9 Å². The van der Waals surface area contributed by atoms with Gasteiger partial charge < -0.3 is 18.9 Å². The molecule has 2 heterocycles. The Balaban J connectivity index is 1.26. The molecule has 0 amide bonds. The zero-order valence-corrected chi connectivity index (χ0v) is 18.0. The van der Waals surface area contributed by atoms with Crippen molar-refractivity contribution in [3.63, 3.8) is 0 Å². The Morgan fingerprint density at radius 2 is 0.821 bits per heavy atom. The zero-order chi connectivity index (χ0) is 19.9. The Bertz CT molecular complexity index is 553. The second-order valence-electron chi connectivity index (χ2n) is 10.6. The van der Waals surface area contributed by atoms with Gasteiger partial charge in [0.2, 0.25) is 0 Å². The summed E-state index contributed by atoms with van der Waals surface area (Å²) in [7, 11) is 0. The van der Waals surface area contributed by atoms with Gasteiger partial charge in [-0.05, 0) is 25.7 Å². The van der Waals surface area contributed by atoms with E-state index in [9.17, 15) is 0 Å². The van der Waals surface area contributed by atoms with Gasteiger partial charge in [0.25, 0.3) is 0 Å². The molecule has 158 valence electrons. The first-order valence-corrected chi connectivity index (χ1v) is 10.9. The molecule has 6 nitrogen and oxygen atoms in total. The molecule has 0 radical (unpaired) electrons. The number of hydrogen-bond donors (Lipinski definition) is 0. The van der Waals surface area contributed by atoms with E-state index in [1.54, 1.807) is 0 Å². The lowest BCUT2D eigenvalue weighted by Gasteiger charge is -2.45. The van der Waals surface area contributed by atoms with Crippen LogP contribution in [-0.4, -0.2) is 49.4 Å². The van der Waals surface area contributed by atoms with Gasteiger partial charge in [-0.15, -0.1) is 0 Å². The molecule has 0 aromatic carbocycles. The second kappa shape index (κ2) is 7.46. The van der Waals surface area contributed by atoms with Crippen LogP contribution in [0.5, 0.6) is 0 Å². The molecule has 2 saturated carbocycles. The summed E-state index contributed by atoms with van der Waals surface area (Å²) >= 11 is 0. The maximum atomic E-state index is 6.10. The Hall–Kier alpha value is -0.820. The predicted molar refractivity (Wildman–Crippen MR) is 109 cm³/mol. The molecule has 0 aromatic heterocycles. The van der Waals surface area contributed by atoms with Crippen LogP contribution in [-0.2, 0) is 18.9 Å². The van der Waals surface area contributed by atoms with E-state index in [4.69, 9.17) is 18.9 Å². The van der Waals surface area contributed by atoms with E-state index in [1.807, 2.05) is 0 Å². The fourth-order valence-corrected chi connectivity index (χ4v) is 4.23. The third-order valence-corrected chi connectivity index (χ3v) is 6.41. The quantitative estimate of drug-likeness (QED) is 0.618. The van der Waals surface area contributed by atoms with Gasteiger partial charge in [-0.1, -0.05) is 27.7 Å². The summed E-state index contributed by atoms with van der Waals surface area (Å²) in [4.78, 5) is 0. The number of ether oxygens (including phenoxy) is 4. The highest BCUT2D eigenvalue weighted by molar-refractivity contribution is 5.88. The normalized spacial score (nSPS) is 31.0. The Labute approximate surface area is 169 Å². The molecule has 2 aliphatic heterocycles. The molecule has 2 saturated heterocycles. The van der Waals surface area contributed by atoms with Gasteiger partial charge in [0, 0.05) is 47.9 Å². The largest absolute Gasteiger partial charge is 0.349 e. The predicted octanol–water partition coefficient (Wildman–Crippen LogP) is 4.47. The third-order valence-electron chi connectivity index (χ3n) is 6.41. The van der Waals surface area contributed by atoms with E-state index < -0.39 is 0 Å². The van der Waals surface area contributed by atoms with E-state index in [-0.39, 0.29) is 22.4 Å². The van der Waals surface area contributed by atoms with Crippen LogP contribution in [0.15, 0.2) is 10.2 Å². The molecule has 6 heteroatoms. The first-order chi connectivity index (χ1) is 13.2. The van der Waals surface area contributed by atoms with Crippen LogP contribution in [0.2, 0.25) is 0 Å². The van der Waals surface area contributed by atoms with Crippen molar-refractivity contribution >= 4 is 11.4 Å². The van der Waals surface area contributed by atoms with E-state index >= 15 is 0 Å². The van der Waals surface area contributed by atoms with Crippen molar-refractivity contribution in [1.82, 2.24) is 0 Å². The molecule has 2 aliphatic carbocycles. The highest BCUT2D eigenvalue weighted by Gasteiger charge is 2.43. The van der Waals surface area contributed by atoms with E-state index in [1.165, 1.54) is 11.4 Å². The van der Waals surface area contributed by atoms with E-state index in [0.717, 1.165) is 77.8 Å². The van der Waals surface area contributed by atoms with Crippen LogP contribution in [0.3, 0.4) is 0 Å². The minimum absolute atomic E-state index is 0.117. The van der Waals surface area contributed by atoms with Crippen LogP contribution >= 0.6 is 0 Å². The van der Waals surface area contributed by atoms with Crippen molar-refractivity contribution in [1.29, 1.82) is 0 Å². The van der Waals surface area contributed by atoms with Crippen molar-refractivity contribution in [3.8, 4) is 0 Å². The molecule has 4 aliphatic rings. The fraction of sp³-hybridized carbons (Fsp3) is 0.909. The molecule has 4 rings (SSSR count). The van der Waals surface area contributed by atoms with Gasteiger partial charge >= 0.3 is 0 Å². The smallest absolute Gasteiger partial charge is 0.169 e. The van der Waals surface area contributed by atoms with Gasteiger partial charge in [-0.2, -0.15) is 10.2 Å². The second-order valence-corrected chi connectivity index (χ2v) is 10.6. The molecule has 0 atom stereocenters. The van der Waals surface area contributed by atoms with Crippen LogP contribution in [0.1, 0.15) is 79.1 Å². The summed E-state index contributed by atoms with van der Waals surface area (Å²) in [5, 5.41) is 9.16. The summed E-state index contributed by atoms with van der Waals surface area (Å²) in [6, 6.07) is 0. The first-order valence-electron chi connectivity index (χ1n) is 10.9. The van der Waals surface area contributed by atoms with E-state index in [0.29, 0.717) is 0 Å². The monoisotopic (exact) mass is 392 g/mol. The highest BCUT2D eigenvalue weighted by atomic mass is 16.7. The minimum atomic E-state index is -0.387. The van der Waals surface area contributed by atoms with Crippen LogP contribution in [0.4, 0.5) is 0 Å². The fourth-order valence-electron chi connectivity index (χ4n) is 4.23. The molecule has 2 spiro atoms. The van der Waals surface area contributed by atoms with Gasteiger partial charge in [0.05, 0.1) is 26.4 Å². The SMILES string of the molecule is CC1(C)COC2(CCC(=NN=C3CCC4(CC3)OCC(C)(C)CO4)CC2)OC1. The summed E-state index contributed by atoms with van der Waals surface area (Å²) < 4.78 is 24.4. The van der Waals surface area contributed by atoms with E-state index in [2.05, 4.69) is 37.9 Å². The number of rotatable bonds is 1. The average Bonchev–Trinajstić information content (AvgIpc) is 2.68. The number of nitrogens with zero attached hydrogens (tertiary/aromatic N) is 2. The van der Waals surface area contributed by atoms with Crippen LogP contribution in [0, 0.1) is 10.8 Å². The molecule has 0 N–H and O–H groups in total. The lowest BCUT2D eigenvalue weighted by atomic mass is 9.88. The minimum Gasteiger partial charge on any atom is -0.349 e. The highest BCUT2D eigenvalue weighted by Crippen LogP contribution is 2.40. The molecule has 28 heavy (non-hydrogen) atoms. The summed E-state index contributed by atoms with van der Waals surface area (Å²) in [6.07, 6.45) is 7.15. The first kappa shape index (κ1) is 20.5.